The fraction of sp³-hybridized carbons (Fsp3) is 0.375. The molecule has 0 N–H and O–H groups in total. The van der Waals surface area contributed by atoms with Gasteiger partial charge in [0.1, 0.15) is 0 Å². The highest BCUT2D eigenvalue weighted by Gasteiger charge is 2.18. The van der Waals surface area contributed by atoms with Crippen molar-refractivity contribution < 1.29 is 9.53 Å². The number of hydrogen-bond acceptors (Lipinski definition) is 4. The number of methoxy groups -OCH3 is 1. The van der Waals surface area contributed by atoms with Crippen molar-refractivity contribution in [1.29, 1.82) is 0 Å². The average molecular weight is 304 g/mol. The van der Waals surface area contributed by atoms with Crippen LogP contribution in [0.5, 0.6) is 0 Å². The van der Waals surface area contributed by atoms with E-state index in [0.29, 0.717) is 19.7 Å². The largest absolute Gasteiger partial charge is 0.385 e. The van der Waals surface area contributed by atoms with E-state index in [1.165, 1.54) is 11.3 Å². The zero-order chi connectivity index (χ0) is 15.1. The maximum absolute atomic E-state index is 12.7. The van der Waals surface area contributed by atoms with Crippen LogP contribution in [-0.4, -0.2) is 36.1 Å². The minimum absolute atomic E-state index is 0.0930. The van der Waals surface area contributed by atoms with Crippen molar-refractivity contribution in [2.24, 2.45) is 0 Å². The molecule has 0 saturated carbocycles. The lowest BCUT2D eigenvalue weighted by atomic mass is 10.2. The zero-order valence-electron chi connectivity index (χ0n) is 12.4. The van der Waals surface area contributed by atoms with Crippen LogP contribution >= 0.6 is 11.3 Å². The third kappa shape index (κ3) is 4.37. The van der Waals surface area contributed by atoms with Gasteiger partial charge in [-0.2, -0.15) is 0 Å². The van der Waals surface area contributed by atoms with E-state index in [-0.39, 0.29) is 5.91 Å². The molecule has 0 aromatic carbocycles. The van der Waals surface area contributed by atoms with Gasteiger partial charge >= 0.3 is 0 Å². The van der Waals surface area contributed by atoms with Crippen molar-refractivity contribution in [3.05, 3.63) is 52.0 Å². The fourth-order valence-corrected chi connectivity index (χ4v) is 2.99. The summed E-state index contributed by atoms with van der Waals surface area (Å²) in [6, 6.07) is 5.87. The average Bonchev–Trinajstić information content (AvgIpc) is 2.93. The maximum atomic E-state index is 12.7. The Morgan fingerprint density at radius 2 is 2.10 bits per heavy atom. The molecular formula is C16H20N2O2S. The van der Waals surface area contributed by atoms with Crippen molar-refractivity contribution >= 4 is 17.2 Å². The van der Waals surface area contributed by atoms with Crippen LogP contribution in [-0.2, 0) is 11.3 Å². The van der Waals surface area contributed by atoms with Gasteiger partial charge < -0.3 is 9.64 Å². The van der Waals surface area contributed by atoms with Crippen LogP contribution in [0.3, 0.4) is 0 Å². The van der Waals surface area contributed by atoms with E-state index < -0.39 is 0 Å². The van der Waals surface area contributed by atoms with Crippen LogP contribution in [0, 0.1) is 6.92 Å². The van der Waals surface area contributed by atoms with E-state index in [9.17, 15) is 4.79 Å². The third-order valence-corrected chi connectivity index (χ3v) is 4.25. The molecule has 4 nitrogen and oxygen atoms in total. The van der Waals surface area contributed by atoms with Gasteiger partial charge in [0.25, 0.3) is 5.91 Å². The Kier molecular flexibility index (Phi) is 5.90. The lowest BCUT2D eigenvalue weighted by Gasteiger charge is -2.22. The van der Waals surface area contributed by atoms with Crippen LogP contribution in [0.1, 0.15) is 27.2 Å². The highest BCUT2D eigenvalue weighted by atomic mass is 32.1. The molecule has 21 heavy (non-hydrogen) atoms. The van der Waals surface area contributed by atoms with Gasteiger partial charge in [-0.15, -0.1) is 11.3 Å². The molecule has 0 aliphatic heterocycles. The Morgan fingerprint density at radius 1 is 1.33 bits per heavy atom. The Labute approximate surface area is 129 Å². The number of nitrogens with zero attached hydrogens (tertiary/aromatic N) is 2. The monoisotopic (exact) mass is 304 g/mol. The Morgan fingerprint density at radius 3 is 2.71 bits per heavy atom. The molecule has 2 rings (SSSR count). The number of amides is 1. The molecule has 0 atom stereocenters. The quantitative estimate of drug-likeness (QED) is 0.738. The van der Waals surface area contributed by atoms with Gasteiger partial charge in [0, 0.05) is 39.2 Å². The zero-order valence-corrected chi connectivity index (χ0v) is 13.2. The summed E-state index contributed by atoms with van der Waals surface area (Å²) in [6.45, 7) is 3.92. The van der Waals surface area contributed by atoms with Gasteiger partial charge in [-0.05, 0) is 48.1 Å². The van der Waals surface area contributed by atoms with Crippen LogP contribution in [0.4, 0.5) is 0 Å². The predicted molar refractivity (Wildman–Crippen MR) is 84.5 cm³/mol. The summed E-state index contributed by atoms with van der Waals surface area (Å²) in [6.07, 6.45) is 4.34. The van der Waals surface area contributed by atoms with Gasteiger partial charge in [0.2, 0.25) is 0 Å². The Hall–Kier alpha value is -1.72. The first kappa shape index (κ1) is 15.7. The molecule has 2 aromatic rings. The molecule has 0 aliphatic rings. The molecule has 0 unspecified atom stereocenters. The standard InChI is InChI=1S/C16H20N2O2S/c1-13-6-11-21-15(13)16(19)18(9-3-10-20-2)12-14-4-7-17-8-5-14/h4-8,11H,3,9-10,12H2,1-2H3. The van der Waals surface area contributed by atoms with Crippen LogP contribution in [0.25, 0.3) is 0 Å². The second-order valence-electron chi connectivity index (χ2n) is 4.86. The summed E-state index contributed by atoms with van der Waals surface area (Å²) in [5, 5.41) is 1.96. The summed E-state index contributed by atoms with van der Waals surface area (Å²) in [4.78, 5) is 19.4. The Bertz CT molecular complexity index is 569. The number of ether oxygens (including phenoxy) is 1. The maximum Gasteiger partial charge on any atom is 0.264 e. The van der Waals surface area contributed by atoms with Crippen molar-refractivity contribution in [2.75, 3.05) is 20.3 Å². The molecule has 0 fully saturated rings. The summed E-state index contributed by atoms with van der Waals surface area (Å²) < 4.78 is 5.09. The number of aryl methyl sites for hydroxylation is 1. The summed E-state index contributed by atoms with van der Waals surface area (Å²) in [7, 11) is 1.68. The van der Waals surface area contributed by atoms with Crippen molar-refractivity contribution in [2.45, 2.75) is 19.9 Å². The first-order valence-electron chi connectivity index (χ1n) is 6.93. The molecule has 1 amide bonds. The second kappa shape index (κ2) is 7.90. The summed E-state index contributed by atoms with van der Waals surface area (Å²) in [5.74, 6) is 0.0930. The van der Waals surface area contributed by atoms with Crippen molar-refractivity contribution in [3.63, 3.8) is 0 Å². The van der Waals surface area contributed by atoms with Crippen molar-refractivity contribution in [3.8, 4) is 0 Å². The van der Waals surface area contributed by atoms with E-state index in [1.807, 2.05) is 35.4 Å². The molecule has 0 saturated heterocycles. The van der Waals surface area contributed by atoms with Gasteiger partial charge in [-0.3, -0.25) is 9.78 Å². The first-order chi connectivity index (χ1) is 10.2. The van der Waals surface area contributed by atoms with Crippen LogP contribution in [0.2, 0.25) is 0 Å². The van der Waals surface area contributed by atoms with E-state index in [1.54, 1.807) is 19.5 Å². The highest BCUT2D eigenvalue weighted by molar-refractivity contribution is 7.12. The van der Waals surface area contributed by atoms with Gasteiger partial charge in [-0.25, -0.2) is 0 Å². The lowest BCUT2D eigenvalue weighted by Crippen LogP contribution is -2.32. The molecule has 112 valence electrons. The molecular weight excluding hydrogens is 284 g/mol. The van der Waals surface area contributed by atoms with Gasteiger partial charge in [0.15, 0.2) is 0 Å². The molecule has 0 aliphatic carbocycles. The number of thiophene rings is 1. The molecule has 0 spiro atoms. The number of rotatable bonds is 7. The molecule has 0 bridgehead atoms. The summed E-state index contributed by atoms with van der Waals surface area (Å²) >= 11 is 1.50. The van der Waals surface area contributed by atoms with E-state index >= 15 is 0 Å². The van der Waals surface area contributed by atoms with Gasteiger partial charge in [0.05, 0.1) is 4.88 Å². The number of aromatic nitrogens is 1. The number of carbonyl (C=O) groups is 1. The highest BCUT2D eigenvalue weighted by Crippen LogP contribution is 2.19. The fourth-order valence-electron chi connectivity index (χ4n) is 2.10. The van der Waals surface area contributed by atoms with Crippen molar-refractivity contribution in [1.82, 2.24) is 9.88 Å². The lowest BCUT2D eigenvalue weighted by molar-refractivity contribution is 0.0728. The Balaban J connectivity index is 2.11. The SMILES string of the molecule is COCCCN(Cc1ccncc1)C(=O)c1sccc1C. The smallest absolute Gasteiger partial charge is 0.264 e. The number of hydrogen-bond donors (Lipinski definition) is 0. The third-order valence-electron chi connectivity index (χ3n) is 3.24. The normalized spacial score (nSPS) is 10.6. The first-order valence-corrected chi connectivity index (χ1v) is 7.81. The second-order valence-corrected chi connectivity index (χ2v) is 5.78. The minimum Gasteiger partial charge on any atom is -0.385 e. The van der Waals surface area contributed by atoms with Crippen LogP contribution in [0.15, 0.2) is 36.0 Å². The molecule has 5 heteroatoms. The van der Waals surface area contributed by atoms with E-state index in [4.69, 9.17) is 4.74 Å². The van der Waals surface area contributed by atoms with Crippen LogP contribution < -0.4 is 0 Å². The number of pyridine rings is 1. The molecule has 2 heterocycles. The molecule has 0 radical (unpaired) electrons. The van der Waals surface area contributed by atoms with Gasteiger partial charge in [-0.1, -0.05) is 0 Å². The minimum atomic E-state index is 0.0930. The predicted octanol–water partition coefficient (Wildman–Crippen LogP) is 3.13. The van der Waals surface area contributed by atoms with E-state index in [0.717, 1.165) is 22.4 Å². The van der Waals surface area contributed by atoms with E-state index in [2.05, 4.69) is 4.98 Å². The number of carbonyl (C=O) groups excluding carboxylic acids is 1. The molecule has 2 aromatic heterocycles. The topological polar surface area (TPSA) is 42.4 Å². The summed E-state index contributed by atoms with van der Waals surface area (Å²) in [5.41, 5.74) is 2.13.